The van der Waals surface area contributed by atoms with Crippen molar-refractivity contribution in [2.75, 3.05) is 26.2 Å². The Balaban J connectivity index is 1.41. The third-order valence-electron chi connectivity index (χ3n) is 5.41. The van der Waals surface area contributed by atoms with E-state index >= 15 is 0 Å². The largest absolute Gasteiger partial charge is 0.417 e. The number of benzene rings is 2. The highest BCUT2D eigenvalue weighted by molar-refractivity contribution is 5.97. The molecule has 2 aromatic carbocycles. The molecule has 2 heterocycles. The summed E-state index contributed by atoms with van der Waals surface area (Å²) in [6.07, 6.45) is -0.984. The molecule has 6 nitrogen and oxygen atoms in total. The molecule has 1 fully saturated rings. The lowest BCUT2D eigenvalue weighted by Crippen LogP contribution is -2.50. The second kappa shape index (κ2) is 8.49. The molecular weight excluding hydrogens is 421 g/mol. The van der Waals surface area contributed by atoms with E-state index in [4.69, 9.17) is 0 Å². The monoisotopic (exact) mass is 442 g/mol. The summed E-state index contributed by atoms with van der Waals surface area (Å²) in [6.45, 7) is 2.77. The van der Waals surface area contributed by atoms with Crippen molar-refractivity contribution in [2.24, 2.45) is 0 Å². The van der Waals surface area contributed by atoms with Crippen LogP contribution in [0.3, 0.4) is 0 Å². The van der Waals surface area contributed by atoms with Crippen molar-refractivity contribution in [1.29, 1.82) is 0 Å². The van der Waals surface area contributed by atoms with Crippen LogP contribution in [0.5, 0.6) is 0 Å². The lowest BCUT2D eigenvalue weighted by molar-refractivity contribution is -0.138. The number of hydrogen-bond donors (Lipinski definition) is 0. The van der Waals surface area contributed by atoms with Gasteiger partial charge in [0.1, 0.15) is 0 Å². The Morgan fingerprint density at radius 1 is 0.875 bits per heavy atom. The van der Waals surface area contributed by atoms with Crippen LogP contribution in [-0.4, -0.2) is 57.6 Å². The number of amides is 2. The van der Waals surface area contributed by atoms with Crippen LogP contribution in [0, 0.1) is 6.92 Å². The van der Waals surface area contributed by atoms with Crippen LogP contribution in [0.15, 0.2) is 60.9 Å². The minimum Gasteiger partial charge on any atom is -0.335 e. The molecule has 0 spiro atoms. The number of carbonyl (C=O) groups excluding carboxylic acids is 2. The SMILES string of the molecule is Cc1cnn(-c2ccc(C(=O)N3CCN(C(=O)c4ccccc4C(F)(F)F)CC3)cc2)c1. The first kappa shape index (κ1) is 21.6. The topological polar surface area (TPSA) is 58.4 Å². The van der Waals surface area contributed by atoms with Gasteiger partial charge < -0.3 is 9.80 Å². The fourth-order valence-electron chi connectivity index (χ4n) is 3.69. The summed E-state index contributed by atoms with van der Waals surface area (Å²) in [5.41, 5.74) is 1.03. The van der Waals surface area contributed by atoms with E-state index in [-0.39, 0.29) is 37.6 Å². The molecule has 0 N–H and O–H groups in total. The van der Waals surface area contributed by atoms with Crippen LogP contribution in [0.1, 0.15) is 31.8 Å². The molecule has 4 rings (SSSR count). The summed E-state index contributed by atoms with van der Waals surface area (Å²) >= 11 is 0. The third-order valence-corrected chi connectivity index (χ3v) is 5.41. The number of rotatable bonds is 3. The van der Waals surface area contributed by atoms with E-state index in [1.807, 2.05) is 13.1 Å². The van der Waals surface area contributed by atoms with Gasteiger partial charge in [-0.15, -0.1) is 0 Å². The average Bonchev–Trinajstić information content (AvgIpc) is 3.24. The van der Waals surface area contributed by atoms with Crippen molar-refractivity contribution < 1.29 is 22.8 Å². The first-order valence-electron chi connectivity index (χ1n) is 10.1. The van der Waals surface area contributed by atoms with E-state index in [2.05, 4.69) is 5.10 Å². The van der Waals surface area contributed by atoms with Crippen molar-refractivity contribution in [1.82, 2.24) is 19.6 Å². The normalized spacial score (nSPS) is 14.5. The quantitative estimate of drug-likeness (QED) is 0.620. The Morgan fingerprint density at radius 2 is 1.47 bits per heavy atom. The molecule has 166 valence electrons. The minimum absolute atomic E-state index is 0.168. The van der Waals surface area contributed by atoms with E-state index in [9.17, 15) is 22.8 Å². The molecule has 1 aromatic heterocycles. The number of aromatic nitrogens is 2. The molecule has 0 unspecified atom stereocenters. The highest BCUT2D eigenvalue weighted by Gasteiger charge is 2.36. The number of carbonyl (C=O) groups is 2. The van der Waals surface area contributed by atoms with Gasteiger partial charge in [0.05, 0.1) is 23.0 Å². The van der Waals surface area contributed by atoms with Gasteiger partial charge in [0.2, 0.25) is 0 Å². The second-order valence-corrected chi connectivity index (χ2v) is 7.64. The number of aryl methyl sites for hydroxylation is 1. The number of nitrogens with zero attached hydrogens (tertiary/aromatic N) is 4. The molecule has 1 aliphatic heterocycles. The van der Waals surface area contributed by atoms with Crippen molar-refractivity contribution in [3.05, 3.63) is 83.2 Å². The predicted octanol–water partition coefficient (Wildman–Crippen LogP) is 3.80. The first-order valence-corrected chi connectivity index (χ1v) is 10.1. The maximum absolute atomic E-state index is 13.2. The smallest absolute Gasteiger partial charge is 0.335 e. The van der Waals surface area contributed by atoms with Gasteiger partial charge in [-0.2, -0.15) is 18.3 Å². The summed E-state index contributed by atoms with van der Waals surface area (Å²) in [4.78, 5) is 28.5. The second-order valence-electron chi connectivity index (χ2n) is 7.64. The van der Waals surface area contributed by atoms with Gasteiger partial charge in [0.25, 0.3) is 11.8 Å². The number of alkyl halides is 3. The maximum atomic E-state index is 13.2. The minimum atomic E-state index is -4.61. The van der Waals surface area contributed by atoms with E-state index in [1.165, 1.54) is 23.1 Å². The summed E-state index contributed by atoms with van der Waals surface area (Å²) in [6, 6.07) is 11.8. The Hall–Kier alpha value is -3.62. The maximum Gasteiger partial charge on any atom is 0.417 e. The van der Waals surface area contributed by atoms with Gasteiger partial charge in [-0.05, 0) is 48.9 Å². The Kier molecular flexibility index (Phi) is 5.73. The van der Waals surface area contributed by atoms with Gasteiger partial charge in [0.15, 0.2) is 0 Å². The molecule has 2 amide bonds. The van der Waals surface area contributed by atoms with E-state index in [0.29, 0.717) is 5.56 Å². The van der Waals surface area contributed by atoms with Gasteiger partial charge in [-0.1, -0.05) is 12.1 Å². The molecule has 32 heavy (non-hydrogen) atoms. The van der Waals surface area contributed by atoms with Crippen LogP contribution >= 0.6 is 0 Å². The molecular formula is C23H21F3N4O2. The lowest BCUT2D eigenvalue weighted by Gasteiger charge is -2.35. The highest BCUT2D eigenvalue weighted by atomic mass is 19.4. The number of hydrogen-bond acceptors (Lipinski definition) is 3. The molecule has 0 bridgehead atoms. The summed E-state index contributed by atoms with van der Waals surface area (Å²) in [7, 11) is 0. The third kappa shape index (κ3) is 4.37. The van der Waals surface area contributed by atoms with Crippen LogP contribution in [-0.2, 0) is 6.18 Å². The van der Waals surface area contributed by atoms with Crippen molar-refractivity contribution in [3.8, 4) is 5.69 Å². The van der Waals surface area contributed by atoms with Gasteiger partial charge >= 0.3 is 6.18 Å². The lowest BCUT2D eigenvalue weighted by atomic mass is 10.1. The van der Waals surface area contributed by atoms with E-state index < -0.39 is 17.6 Å². The zero-order valence-electron chi connectivity index (χ0n) is 17.3. The molecule has 0 radical (unpaired) electrons. The summed E-state index contributed by atoms with van der Waals surface area (Å²) in [5, 5.41) is 4.23. The van der Waals surface area contributed by atoms with Crippen LogP contribution in [0.2, 0.25) is 0 Å². The van der Waals surface area contributed by atoms with Crippen molar-refractivity contribution in [3.63, 3.8) is 0 Å². The van der Waals surface area contributed by atoms with Crippen LogP contribution in [0.4, 0.5) is 13.2 Å². The first-order chi connectivity index (χ1) is 15.2. The van der Waals surface area contributed by atoms with Gasteiger partial charge in [0, 0.05) is 37.9 Å². The molecule has 0 aliphatic carbocycles. The molecule has 0 atom stereocenters. The Bertz CT molecular complexity index is 1130. The van der Waals surface area contributed by atoms with Gasteiger partial charge in [-0.3, -0.25) is 9.59 Å². The summed E-state index contributed by atoms with van der Waals surface area (Å²) in [5.74, 6) is -0.861. The highest BCUT2D eigenvalue weighted by Crippen LogP contribution is 2.32. The number of piperazine rings is 1. The van der Waals surface area contributed by atoms with Crippen LogP contribution < -0.4 is 0 Å². The van der Waals surface area contributed by atoms with E-state index in [1.54, 1.807) is 40.0 Å². The molecule has 9 heteroatoms. The number of halogens is 3. The fourth-order valence-corrected chi connectivity index (χ4v) is 3.69. The Morgan fingerprint density at radius 3 is 2.03 bits per heavy atom. The average molecular weight is 442 g/mol. The standard InChI is InChI=1S/C23H21F3N4O2/c1-16-14-27-30(15-16)18-8-6-17(7-9-18)21(31)28-10-12-29(13-11-28)22(32)19-4-2-3-5-20(19)23(24,25)26/h2-9,14-15H,10-13H2,1H3. The zero-order chi connectivity index (χ0) is 22.9. The van der Waals surface area contributed by atoms with Crippen molar-refractivity contribution >= 4 is 11.8 Å². The molecule has 3 aromatic rings. The van der Waals surface area contributed by atoms with Gasteiger partial charge in [-0.25, -0.2) is 4.68 Å². The van der Waals surface area contributed by atoms with Crippen LogP contribution in [0.25, 0.3) is 5.69 Å². The molecule has 0 saturated carbocycles. The zero-order valence-corrected chi connectivity index (χ0v) is 17.3. The van der Waals surface area contributed by atoms with E-state index in [0.717, 1.165) is 17.3 Å². The fraction of sp³-hybridized carbons (Fsp3) is 0.261. The van der Waals surface area contributed by atoms with Crippen molar-refractivity contribution in [2.45, 2.75) is 13.1 Å². The Labute approximate surface area is 182 Å². The molecule has 1 saturated heterocycles. The predicted molar refractivity (Wildman–Crippen MR) is 112 cm³/mol. The summed E-state index contributed by atoms with van der Waals surface area (Å²) < 4.78 is 41.4. The molecule has 1 aliphatic rings.